The minimum absolute atomic E-state index is 0.144. The molecule has 1 aliphatic rings. The van der Waals surface area contributed by atoms with Gasteiger partial charge in [0.05, 0.1) is 6.61 Å². The first-order valence-corrected chi connectivity index (χ1v) is 5.03. The van der Waals surface area contributed by atoms with Crippen molar-refractivity contribution in [1.29, 1.82) is 0 Å². The molecule has 0 spiro atoms. The molecule has 0 radical (unpaired) electrons. The van der Waals surface area contributed by atoms with Crippen LogP contribution in [-0.2, 0) is 0 Å². The van der Waals surface area contributed by atoms with Gasteiger partial charge >= 0.3 is 0 Å². The fourth-order valence-electron chi connectivity index (χ4n) is 1.55. The Hall–Kier alpha value is -1.42. The minimum atomic E-state index is 0.144. The molecular formula is C11H15NO3. The summed E-state index contributed by atoms with van der Waals surface area (Å²) in [4.78, 5) is 1.97. The Labute approximate surface area is 89.0 Å². The first-order chi connectivity index (χ1) is 7.31. The summed E-state index contributed by atoms with van der Waals surface area (Å²) >= 11 is 0. The topological polar surface area (TPSA) is 41.9 Å². The molecule has 4 heteroatoms. The lowest BCUT2D eigenvalue weighted by molar-refractivity contribution is 0.171. The second-order valence-electron chi connectivity index (χ2n) is 3.47. The van der Waals surface area contributed by atoms with Crippen molar-refractivity contribution in [2.24, 2.45) is 0 Å². The van der Waals surface area contributed by atoms with E-state index in [1.807, 2.05) is 30.1 Å². The molecular weight excluding hydrogens is 194 g/mol. The number of anilines is 1. The third-order valence-electron chi connectivity index (χ3n) is 2.40. The molecule has 15 heavy (non-hydrogen) atoms. The average molecular weight is 209 g/mol. The maximum atomic E-state index is 8.84. The van der Waals surface area contributed by atoms with Crippen molar-refractivity contribution in [3.05, 3.63) is 18.2 Å². The van der Waals surface area contributed by atoms with Gasteiger partial charge in [-0.2, -0.15) is 0 Å². The normalized spacial score (nSPS) is 13.7. The van der Waals surface area contributed by atoms with Crippen molar-refractivity contribution in [3.8, 4) is 11.5 Å². The van der Waals surface area contributed by atoms with E-state index in [-0.39, 0.29) is 6.61 Å². The Morgan fingerprint density at radius 2 is 2.00 bits per heavy atom. The molecule has 1 N–H and O–H groups in total. The van der Waals surface area contributed by atoms with E-state index in [4.69, 9.17) is 14.6 Å². The van der Waals surface area contributed by atoms with Gasteiger partial charge in [-0.3, -0.25) is 0 Å². The van der Waals surface area contributed by atoms with E-state index < -0.39 is 0 Å². The van der Waals surface area contributed by atoms with Gasteiger partial charge in [-0.1, -0.05) is 0 Å². The van der Waals surface area contributed by atoms with Gasteiger partial charge in [0.2, 0.25) is 0 Å². The lowest BCUT2D eigenvalue weighted by Crippen LogP contribution is -2.22. The Bertz CT molecular complexity index is 341. The third-order valence-corrected chi connectivity index (χ3v) is 2.40. The van der Waals surface area contributed by atoms with Crippen LogP contribution in [0.25, 0.3) is 0 Å². The summed E-state index contributed by atoms with van der Waals surface area (Å²) in [6.45, 7) is 1.96. The van der Waals surface area contributed by atoms with E-state index in [2.05, 4.69) is 0 Å². The minimum Gasteiger partial charge on any atom is -0.486 e. The largest absolute Gasteiger partial charge is 0.486 e. The summed E-state index contributed by atoms with van der Waals surface area (Å²) in [6, 6.07) is 5.80. The van der Waals surface area contributed by atoms with Crippen molar-refractivity contribution in [2.45, 2.75) is 0 Å². The van der Waals surface area contributed by atoms with Crippen LogP contribution in [0, 0.1) is 0 Å². The fraction of sp³-hybridized carbons (Fsp3) is 0.455. The van der Waals surface area contributed by atoms with Crippen LogP contribution in [0.3, 0.4) is 0 Å². The highest BCUT2D eigenvalue weighted by atomic mass is 16.6. The SMILES string of the molecule is CN(CCO)c1ccc2c(c1)OCCO2. The van der Waals surface area contributed by atoms with Gasteiger partial charge in [-0.05, 0) is 12.1 Å². The Kier molecular flexibility index (Phi) is 2.97. The zero-order valence-electron chi connectivity index (χ0n) is 8.77. The van der Waals surface area contributed by atoms with Crippen LogP contribution in [-0.4, -0.2) is 38.5 Å². The summed E-state index contributed by atoms with van der Waals surface area (Å²) in [6.07, 6.45) is 0. The van der Waals surface area contributed by atoms with Crippen molar-refractivity contribution in [2.75, 3.05) is 38.3 Å². The maximum absolute atomic E-state index is 8.84. The summed E-state index contributed by atoms with van der Waals surface area (Å²) in [5.74, 6) is 1.57. The van der Waals surface area contributed by atoms with E-state index in [0.29, 0.717) is 19.8 Å². The molecule has 1 aromatic carbocycles. The number of aliphatic hydroxyl groups is 1. The fourth-order valence-corrected chi connectivity index (χ4v) is 1.55. The molecule has 0 unspecified atom stereocenters. The molecule has 0 amide bonds. The van der Waals surface area contributed by atoms with Crippen LogP contribution >= 0.6 is 0 Å². The number of benzene rings is 1. The highest BCUT2D eigenvalue weighted by molar-refractivity contribution is 5.56. The molecule has 1 heterocycles. The molecule has 0 fully saturated rings. The van der Waals surface area contributed by atoms with E-state index in [0.717, 1.165) is 17.2 Å². The smallest absolute Gasteiger partial charge is 0.163 e. The quantitative estimate of drug-likeness (QED) is 0.802. The molecule has 1 aliphatic heterocycles. The third kappa shape index (κ3) is 2.15. The number of nitrogens with zero attached hydrogens (tertiary/aromatic N) is 1. The lowest BCUT2D eigenvalue weighted by atomic mass is 10.2. The zero-order chi connectivity index (χ0) is 10.7. The second-order valence-corrected chi connectivity index (χ2v) is 3.47. The van der Waals surface area contributed by atoms with Crippen LogP contribution in [0.5, 0.6) is 11.5 Å². The van der Waals surface area contributed by atoms with Gasteiger partial charge in [0, 0.05) is 25.3 Å². The van der Waals surface area contributed by atoms with E-state index in [1.165, 1.54) is 0 Å². The van der Waals surface area contributed by atoms with Crippen molar-refractivity contribution in [3.63, 3.8) is 0 Å². The Morgan fingerprint density at radius 1 is 1.27 bits per heavy atom. The maximum Gasteiger partial charge on any atom is 0.163 e. The Balaban J connectivity index is 2.20. The molecule has 82 valence electrons. The average Bonchev–Trinajstić information content (AvgIpc) is 2.29. The highest BCUT2D eigenvalue weighted by Crippen LogP contribution is 2.33. The molecule has 0 aromatic heterocycles. The molecule has 0 saturated heterocycles. The molecule has 0 aliphatic carbocycles. The Morgan fingerprint density at radius 3 is 2.73 bits per heavy atom. The first-order valence-electron chi connectivity index (χ1n) is 5.03. The monoisotopic (exact) mass is 209 g/mol. The standard InChI is InChI=1S/C11H15NO3/c1-12(4-5-13)9-2-3-10-11(8-9)15-7-6-14-10/h2-3,8,13H,4-7H2,1H3. The number of likely N-dealkylation sites (N-methyl/N-ethyl adjacent to an activating group) is 1. The van der Waals surface area contributed by atoms with Gasteiger partial charge in [0.25, 0.3) is 0 Å². The number of hydrogen-bond donors (Lipinski definition) is 1. The highest BCUT2D eigenvalue weighted by Gasteiger charge is 2.12. The molecule has 0 saturated carbocycles. The van der Waals surface area contributed by atoms with Crippen molar-refractivity contribution >= 4 is 5.69 Å². The second kappa shape index (κ2) is 4.40. The summed E-state index contributed by atoms with van der Waals surface area (Å²) in [5, 5.41) is 8.84. The van der Waals surface area contributed by atoms with E-state index >= 15 is 0 Å². The number of rotatable bonds is 3. The zero-order valence-corrected chi connectivity index (χ0v) is 8.77. The molecule has 0 atom stereocenters. The van der Waals surface area contributed by atoms with Crippen LogP contribution < -0.4 is 14.4 Å². The summed E-state index contributed by atoms with van der Waals surface area (Å²) in [5.41, 5.74) is 1.02. The van der Waals surface area contributed by atoms with Gasteiger partial charge in [0.1, 0.15) is 13.2 Å². The summed E-state index contributed by atoms with van der Waals surface area (Å²) in [7, 11) is 1.93. The van der Waals surface area contributed by atoms with Gasteiger partial charge in [-0.25, -0.2) is 0 Å². The van der Waals surface area contributed by atoms with E-state index in [1.54, 1.807) is 0 Å². The van der Waals surface area contributed by atoms with Gasteiger partial charge in [-0.15, -0.1) is 0 Å². The van der Waals surface area contributed by atoms with Crippen LogP contribution in [0.2, 0.25) is 0 Å². The summed E-state index contributed by atoms with van der Waals surface area (Å²) < 4.78 is 10.9. The molecule has 0 bridgehead atoms. The number of aliphatic hydroxyl groups excluding tert-OH is 1. The van der Waals surface area contributed by atoms with Crippen LogP contribution in [0.15, 0.2) is 18.2 Å². The predicted octanol–water partition coefficient (Wildman–Crippen LogP) is 0.886. The lowest BCUT2D eigenvalue weighted by Gasteiger charge is -2.22. The molecule has 1 aromatic rings. The number of hydrogen-bond acceptors (Lipinski definition) is 4. The molecule has 2 rings (SSSR count). The van der Waals surface area contributed by atoms with Crippen molar-refractivity contribution < 1.29 is 14.6 Å². The van der Waals surface area contributed by atoms with Crippen molar-refractivity contribution in [1.82, 2.24) is 0 Å². The van der Waals surface area contributed by atoms with Crippen LogP contribution in [0.1, 0.15) is 0 Å². The van der Waals surface area contributed by atoms with Gasteiger partial charge < -0.3 is 19.5 Å². The molecule has 4 nitrogen and oxygen atoms in total. The number of fused-ring (bicyclic) bond motifs is 1. The van der Waals surface area contributed by atoms with E-state index in [9.17, 15) is 0 Å². The van der Waals surface area contributed by atoms with Gasteiger partial charge in [0.15, 0.2) is 11.5 Å². The first kappa shape index (κ1) is 10.1. The number of ether oxygens (including phenoxy) is 2. The predicted molar refractivity (Wildman–Crippen MR) is 57.8 cm³/mol. The van der Waals surface area contributed by atoms with Crippen LogP contribution in [0.4, 0.5) is 5.69 Å².